The van der Waals surface area contributed by atoms with Crippen molar-refractivity contribution in [3.05, 3.63) is 0 Å². The Kier molecular flexibility index (Phi) is 1.82. The predicted octanol–water partition coefficient (Wildman–Crippen LogP) is 0.516. The number of hydrogen-bond acceptors (Lipinski definition) is 2. The molecule has 1 aliphatic rings. The molecule has 0 amide bonds. The molecule has 9 heavy (non-hydrogen) atoms. The van der Waals surface area contributed by atoms with Gasteiger partial charge in [0.25, 0.3) is 0 Å². The largest absolute Gasteiger partial charge is 0.245 e. The highest BCUT2D eigenvalue weighted by molar-refractivity contribution is 9.09. The zero-order valence-corrected chi connectivity index (χ0v) is 6.95. The van der Waals surface area contributed by atoms with Crippen LogP contribution in [0.2, 0.25) is 0 Å². The van der Waals surface area contributed by atoms with E-state index in [1.165, 1.54) is 0 Å². The average molecular weight is 217 g/mol. The Bertz CT molecular complexity index is 185. The second-order valence-corrected chi connectivity index (χ2v) is 5.44. The summed E-state index contributed by atoms with van der Waals surface area (Å²) in [6, 6.07) is 0. The van der Waals surface area contributed by atoms with Crippen molar-refractivity contribution < 1.29 is 12.8 Å². The van der Waals surface area contributed by atoms with Gasteiger partial charge in [-0.2, -0.15) is 0 Å². The van der Waals surface area contributed by atoms with Gasteiger partial charge in [0, 0.05) is 0 Å². The van der Waals surface area contributed by atoms with Gasteiger partial charge in [-0.25, -0.2) is 12.8 Å². The number of alkyl halides is 2. The third kappa shape index (κ3) is 1.64. The molecule has 0 saturated carbocycles. The van der Waals surface area contributed by atoms with Gasteiger partial charge in [-0.1, -0.05) is 15.9 Å². The number of sulfone groups is 1. The summed E-state index contributed by atoms with van der Waals surface area (Å²) in [4.78, 5) is -0.484. The highest BCUT2D eigenvalue weighted by Gasteiger charge is 2.35. The molecule has 0 spiro atoms. The van der Waals surface area contributed by atoms with Gasteiger partial charge in [0.15, 0.2) is 9.84 Å². The molecular formula is C4H6BrFO2S. The first-order chi connectivity index (χ1) is 4.01. The number of rotatable bonds is 0. The van der Waals surface area contributed by atoms with E-state index in [2.05, 4.69) is 15.9 Å². The average Bonchev–Trinajstić information content (AvgIpc) is 1.79. The van der Waals surface area contributed by atoms with Crippen LogP contribution in [0.5, 0.6) is 0 Å². The first-order valence-corrected chi connectivity index (χ1v) is 5.23. The molecule has 0 aromatic heterocycles. The molecule has 1 heterocycles. The van der Waals surface area contributed by atoms with Crippen LogP contribution >= 0.6 is 15.9 Å². The summed E-state index contributed by atoms with van der Waals surface area (Å²) in [6.07, 6.45) is -1.21. The van der Waals surface area contributed by atoms with E-state index in [0.29, 0.717) is 0 Å². The third-order valence-corrected chi connectivity index (χ3v) is 4.24. The van der Waals surface area contributed by atoms with E-state index in [1.54, 1.807) is 0 Å². The molecule has 54 valence electrons. The lowest BCUT2D eigenvalue weighted by Gasteiger charge is -1.96. The molecule has 1 fully saturated rings. The fourth-order valence-electron chi connectivity index (χ4n) is 0.762. The van der Waals surface area contributed by atoms with Gasteiger partial charge in [0.2, 0.25) is 0 Å². The Balaban J connectivity index is 2.77. The van der Waals surface area contributed by atoms with Crippen LogP contribution in [-0.2, 0) is 9.84 Å². The van der Waals surface area contributed by atoms with E-state index in [0.717, 1.165) is 0 Å². The predicted molar refractivity (Wildman–Crippen MR) is 36.3 cm³/mol. The van der Waals surface area contributed by atoms with Gasteiger partial charge < -0.3 is 0 Å². The lowest BCUT2D eigenvalue weighted by molar-refractivity contribution is 0.379. The van der Waals surface area contributed by atoms with Crippen molar-refractivity contribution >= 4 is 25.8 Å². The van der Waals surface area contributed by atoms with Gasteiger partial charge in [0.05, 0.1) is 16.3 Å². The van der Waals surface area contributed by atoms with Gasteiger partial charge in [-0.15, -0.1) is 0 Å². The fraction of sp³-hybridized carbons (Fsp3) is 1.00. The zero-order chi connectivity index (χ0) is 7.07. The number of halogens is 2. The highest BCUT2D eigenvalue weighted by Crippen LogP contribution is 2.21. The summed E-state index contributed by atoms with van der Waals surface area (Å²) < 4.78 is 33.5. The highest BCUT2D eigenvalue weighted by atomic mass is 79.9. The minimum absolute atomic E-state index is 0.0613. The summed E-state index contributed by atoms with van der Waals surface area (Å²) in [5, 5.41) is 0. The van der Waals surface area contributed by atoms with Crippen LogP contribution in [0.1, 0.15) is 0 Å². The van der Waals surface area contributed by atoms with Crippen LogP contribution < -0.4 is 0 Å². The van der Waals surface area contributed by atoms with Crippen LogP contribution in [0, 0.1) is 0 Å². The Morgan fingerprint density at radius 2 is 2.00 bits per heavy atom. The summed E-state index contributed by atoms with van der Waals surface area (Å²) in [6.45, 7) is 0. The summed E-state index contributed by atoms with van der Waals surface area (Å²) >= 11 is 2.93. The minimum atomic E-state index is -3.07. The molecule has 1 aliphatic heterocycles. The van der Waals surface area contributed by atoms with Crippen molar-refractivity contribution in [2.45, 2.75) is 11.0 Å². The first kappa shape index (κ1) is 7.47. The SMILES string of the molecule is O=S1(=O)C[C@@H](F)[C@H](Br)C1. The lowest BCUT2D eigenvalue weighted by atomic mass is 10.3. The quantitative estimate of drug-likeness (QED) is 0.554. The Morgan fingerprint density at radius 3 is 2.11 bits per heavy atom. The Labute approximate surface area is 61.5 Å². The van der Waals surface area contributed by atoms with Gasteiger partial charge in [-0.3, -0.25) is 0 Å². The van der Waals surface area contributed by atoms with Crippen molar-refractivity contribution in [2.75, 3.05) is 11.5 Å². The van der Waals surface area contributed by atoms with Crippen molar-refractivity contribution in [3.8, 4) is 0 Å². The van der Waals surface area contributed by atoms with Gasteiger partial charge in [0.1, 0.15) is 6.17 Å². The third-order valence-electron chi connectivity index (χ3n) is 1.22. The lowest BCUT2D eigenvalue weighted by Crippen LogP contribution is -2.10. The Morgan fingerprint density at radius 1 is 1.44 bits per heavy atom. The van der Waals surface area contributed by atoms with Crippen molar-refractivity contribution in [2.24, 2.45) is 0 Å². The van der Waals surface area contributed by atoms with Crippen LogP contribution in [0.15, 0.2) is 0 Å². The topological polar surface area (TPSA) is 34.1 Å². The van der Waals surface area contributed by atoms with Crippen molar-refractivity contribution in [3.63, 3.8) is 0 Å². The second kappa shape index (κ2) is 2.20. The molecular weight excluding hydrogens is 211 g/mol. The van der Waals surface area contributed by atoms with E-state index < -0.39 is 20.8 Å². The van der Waals surface area contributed by atoms with Crippen molar-refractivity contribution in [1.82, 2.24) is 0 Å². The van der Waals surface area contributed by atoms with Crippen LogP contribution in [0.25, 0.3) is 0 Å². The zero-order valence-electron chi connectivity index (χ0n) is 4.55. The number of hydrogen-bond donors (Lipinski definition) is 0. The summed E-state index contributed by atoms with van der Waals surface area (Å²) in [5.74, 6) is -0.378. The first-order valence-electron chi connectivity index (χ1n) is 2.50. The summed E-state index contributed by atoms with van der Waals surface area (Å²) in [5.41, 5.74) is 0. The van der Waals surface area contributed by atoms with Crippen LogP contribution in [-0.4, -0.2) is 30.9 Å². The normalized spacial score (nSPS) is 41.1. The second-order valence-electron chi connectivity index (χ2n) is 2.11. The molecule has 1 rings (SSSR count). The molecule has 0 aromatic rings. The molecule has 2 nitrogen and oxygen atoms in total. The van der Waals surface area contributed by atoms with E-state index in [4.69, 9.17) is 0 Å². The van der Waals surface area contributed by atoms with Crippen LogP contribution in [0.4, 0.5) is 4.39 Å². The van der Waals surface area contributed by atoms with E-state index in [-0.39, 0.29) is 11.5 Å². The standard InChI is InChI=1S/C4H6BrFO2S/c5-3-1-9(7,8)2-4(3)6/h3-4H,1-2H2/t3-,4-/m1/s1. The molecule has 0 aliphatic carbocycles. The Hall–Kier alpha value is 0.360. The smallest absolute Gasteiger partial charge is 0.154 e. The minimum Gasteiger partial charge on any atom is -0.245 e. The van der Waals surface area contributed by atoms with E-state index in [9.17, 15) is 12.8 Å². The monoisotopic (exact) mass is 216 g/mol. The molecule has 1 saturated heterocycles. The van der Waals surface area contributed by atoms with Gasteiger partial charge in [-0.05, 0) is 0 Å². The molecule has 5 heteroatoms. The molecule has 2 atom stereocenters. The maximum Gasteiger partial charge on any atom is 0.154 e. The molecule has 0 aromatic carbocycles. The molecule has 0 N–H and O–H groups in total. The van der Waals surface area contributed by atoms with Crippen LogP contribution in [0.3, 0.4) is 0 Å². The fourth-order valence-corrected chi connectivity index (χ4v) is 3.95. The molecule has 0 bridgehead atoms. The summed E-state index contributed by atoms with van der Waals surface area (Å²) in [7, 11) is -3.07. The van der Waals surface area contributed by atoms with Gasteiger partial charge >= 0.3 is 0 Å². The van der Waals surface area contributed by atoms with E-state index in [1.807, 2.05) is 0 Å². The molecule has 0 radical (unpaired) electrons. The maximum absolute atomic E-state index is 12.4. The maximum atomic E-state index is 12.4. The molecule has 0 unspecified atom stereocenters. The van der Waals surface area contributed by atoms with E-state index >= 15 is 0 Å². The van der Waals surface area contributed by atoms with Crippen molar-refractivity contribution in [1.29, 1.82) is 0 Å².